The molecule has 1 aromatic heterocycles. The highest BCUT2D eigenvalue weighted by Crippen LogP contribution is 2.30. The van der Waals surface area contributed by atoms with Gasteiger partial charge in [0.05, 0.1) is 10.7 Å². The maximum absolute atomic E-state index is 12.4. The van der Waals surface area contributed by atoms with E-state index in [9.17, 15) is 18.0 Å². The van der Waals surface area contributed by atoms with Crippen molar-refractivity contribution in [2.24, 2.45) is 7.05 Å². The van der Waals surface area contributed by atoms with Gasteiger partial charge in [-0.25, -0.2) is 0 Å². The van der Waals surface area contributed by atoms with Crippen LogP contribution in [0.5, 0.6) is 0 Å². The third kappa shape index (κ3) is 4.80. The molecule has 0 saturated heterocycles. The van der Waals surface area contributed by atoms with E-state index in [2.05, 4.69) is 10.4 Å². The second-order valence-corrected chi connectivity index (χ2v) is 6.29. The lowest BCUT2D eigenvalue weighted by Gasteiger charge is -2.07. The summed E-state index contributed by atoms with van der Waals surface area (Å²) in [5.41, 5.74) is 1.93. The molecule has 2 rings (SSSR count). The van der Waals surface area contributed by atoms with Crippen LogP contribution in [-0.4, -0.2) is 21.9 Å². The fraction of sp³-hybridized carbons (Fsp3) is 0.294. The number of rotatable bonds is 5. The molecule has 1 aromatic carbocycles. The van der Waals surface area contributed by atoms with E-state index >= 15 is 0 Å². The molecule has 9 heteroatoms. The number of allylic oxidation sites excluding steroid dienone is 1. The lowest BCUT2D eigenvalue weighted by molar-refractivity contribution is -0.0836. The number of aromatic nitrogens is 2. The quantitative estimate of drug-likeness (QED) is 0.782. The molecule has 0 spiro atoms. The van der Waals surface area contributed by atoms with Crippen LogP contribution >= 0.6 is 23.2 Å². The van der Waals surface area contributed by atoms with Crippen LogP contribution in [-0.2, 0) is 20.0 Å². The van der Waals surface area contributed by atoms with Gasteiger partial charge < -0.3 is 5.32 Å². The Bertz CT molecular complexity index is 827. The van der Waals surface area contributed by atoms with Crippen molar-refractivity contribution in [2.75, 3.05) is 0 Å². The first-order chi connectivity index (χ1) is 12.1. The molecule has 4 nitrogen and oxygen atoms in total. The SMILES string of the molecule is CCc1nn(C)c(C(=O)NCc2ccc(/C=C(\Cl)C(F)(F)F)cc2)c1Cl. The molecular weight excluding hydrogens is 390 g/mol. The molecular formula is C17H16Cl2F3N3O. The van der Waals surface area contributed by atoms with Crippen molar-refractivity contribution < 1.29 is 18.0 Å². The molecule has 0 saturated carbocycles. The third-order valence-corrected chi connectivity index (χ3v) is 4.32. The monoisotopic (exact) mass is 405 g/mol. The van der Waals surface area contributed by atoms with Crippen molar-refractivity contribution >= 4 is 35.2 Å². The summed E-state index contributed by atoms with van der Waals surface area (Å²) in [5.74, 6) is -0.381. The van der Waals surface area contributed by atoms with Crippen LogP contribution in [0.15, 0.2) is 29.3 Å². The van der Waals surface area contributed by atoms with E-state index in [1.54, 1.807) is 19.2 Å². The highest BCUT2D eigenvalue weighted by Gasteiger charge is 2.32. The number of nitrogens with zero attached hydrogens (tertiary/aromatic N) is 2. The van der Waals surface area contributed by atoms with Gasteiger partial charge in [0, 0.05) is 13.6 Å². The zero-order valence-electron chi connectivity index (χ0n) is 14.0. The van der Waals surface area contributed by atoms with Crippen molar-refractivity contribution in [3.05, 3.63) is 56.8 Å². The van der Waals surface area contributed by atoms with Crippen LogP contribution in [0, 0.1) is 0 Å². The maximum Gasteiger partial charge on any atom is 0.426 e. The number of hydrogen-bond donors (Lipinski definition) is 1. The number of aryl methyl sites for hydroxylation is 2. The first kappa shape index (κ1) is 20.3. The Morgan fingerprint density at radius 2 is 1.92 bits per heavy atom. The summed E-state index contributed by atoms with van der Waals surface area (Å²) in [5, 5.41) is 6.01. The van der Waals surface area contributed by atoms with Gasteiger partial charge in [0.2, 0.25) is 0 Å². The van der Waals surface area contributed by atoms with Crippen molar-refractivity contribution in [3.63, 3.8) is 0 Å². The zero-order valence-corrected chi connectivity index (χ0v) is 15.5. The van der Waals surface area contributed by atoms with Gasteiger partial charge in [0.1, 0.15) is 10.7 Å². The molecule has 2 aromatic rings. The van der Waals surface area contributed by atoms with Crippen molar-refractivity contribution in [2.45, 2.75) is 26.1 Å². The lowest BCUT2D eigenvalue weighted by atomic mass is 10.1. The standard InChI is InChI=1S/C17H16Cl2F3N3O/c1-3-12-14(19)15(25(2)24-12)16(26)23-9-11-6-4-10(5-7-11)8-13(18)17(20,21)22/h4-8H,3,9H2,1-2H3,(H,23,26)/b13-8-. The molecule has 0 aliphatic rings. The maximum atomic E-state index is 12.4. The van der Waals surface area contributed by atoms with Crippen LogP contribution in [0.3, 0.4) is 0 Å². The molecule has 0 fully saturated rings. The molecule has 140 valence electrons. The number of carbonyl (C=O) groups excluding carboxylic acids is 1. The van der Waals surface area contributed by atoms with Crippen LogP contribution in [0.4, 0.5) is 13.2 Å². The molecule has 1 amide bonds. The molecule has 26 heavy (non-hydrogen) atoms. The number of amides is 1. The smallest absolute Gasteiger partial charge is 0.347 e. The number of halogens is 5. The highest BCUT2D eigenvalue weighted by atomic mass is 35.5. The van der Waals surface area contributed by atoms with Crippen LogP contribution < -0.4 is 5.32 Å². The van der Waals surface area contributed by atoms with E-state index in [1.807, 2.05) is 6.92 Å². The summed E-state index contributed by atoms with van der Waals surface area (Å²) in [6.45, 7) is 2.08. The van der Waals surface area contributed by atoms with E-state index in [4.69, 9.17) is 23.2 Å². The van der Waals surface area contributed by atoms with Crippen molar-refractivity contribution in [1.82, 2.24) is 15.1 Å². The molecule has 0 radical (unpaired) electrons. The second kappa shape index (κ2) is 8.14. The molecule has 0 unspecified atom stereocenters. The summed E-state index contributed by atoms with van der Waals surface area (Å²) < 4.78 is 38.7. The molecule has 0 aliphatic heterocycles. The Morgan fingerprint density at radius 3 is 2.42 bits per heavy atom. The topological polar surface area (TPSA) is 46.9 Å². The summed E-state index contributed by atoms with van der Waals surface area (Å²) in [6.07, 6.45) is -3.13. The molecule has 0 atom stereocenters. The number of alkyl halides is 3. The summed E-state index contributed by atoms with van der Waals surface area (Å²) in [4.78, 5) is 12.3. The lowest BCUT2D eigenvalue weighted by Crippen LogP contribution is -2.25. The summed E-state index contributed by atoms with van der Waals surface area (Å²) >= 11 is 11.4. The van der Waals surface area contributed by atoms with E-state index in [0.29, 0.717) is 28.3 Å². The Kier molecular flexibility index (Phi) is 6.36. The minimum Gasteiger partial charge on any atom is -0.347 e. The van der Waals surface area contributed by atoms with Crippen LogP contribution in [0.1, 0.15) is 34.2 Å². The number of hydrogen-bond acceptors (Lipinski definition) is 2. The Balaban J connectivity index is 2.04. The van der Waals surface area contributed by atoms with Gasteiger partial charge >= 0.3 is 6.18 Å². The average molecular weight is 406 g/mol. The molecule has 0 bridgehead atoms. The Labute approximate surface area is 158 Å². The molecule has 1 N–H and O–H groups in total. The number of nitrogens with one attached hydrogen (secondary N) is 1. The van der Waals surface area contributed by atoms with Gasteiger partial charge in [-0.15, -0.1) is 0 Å². The van der Waals surface area contributed by atoms with Crippen LogP contribution in [0.25, 0.3) is 6.08 Å². The minimum atomic E-state index is -4.58. The van der Waals surface area contributed by atoms with Gasteiger partial charge in [0.25, 0.3) is 5.91 Å². The van der Waals surface area contributed by atoms with Crippen molar-refractivity contribution in [3.8, 4) is 0 Å². The average Bonchev–Trinajstić information content (AvgIpc) is 2.87. The van der Waals surface area contributed by atoms with Gasteiger partial charge in [-0.3, -0.25) is 9.48 Å². The summed E-state index contributed by atoms with van der Waals surface area (Å²) in [7, 11) is 1.63. The van der Waals surface area contributed by atoms with E-state index < -0.39 is 11.2 Å². The zero-order chi connectivity index (χ0) is 19.5. The van der Waals surface area contributed by atoms with Crippen molar-refractivity contribution in [1.29, 1.82) is 0 Å². The normalized spacial score (nSPS) is 12.3. The van der Waals surface area contributed by atoms with E-state index in [0.717, 1.165) is 6.08 Å². The molecule has 0 aliphatic carbocycles. The number of benzene rings is 1. The second-order valence-electron chi connectivity index (χ2n) is 5.50. The van der Waals surface area contributed by atoms with E-state index in [-0.39, 0.29) is 18.1 Å². The Hall–Kier alpha value is -1.99. The summed E-state index contributed by atoms with van der Waals surface area (Å²) in [6, 6.07) is 6.19. The number of carbonyl (C=O) groups is 1. The fourth-order valence-electron chi connectivity index (χ4n) is 2.25. The highest BCUT2D eigenvalue weighted by molar-refractivity contribution is 6.34. The van der Waals surface area contributed by atoms with Gasteiger partial charge in [-0.2, -0.15) is 18.3 Å². The minimum absolute atomic E-state index is 0.193. The predicted octanol–water partition coefficient (Wildman–Crippen LogP) is 4.71. The van der Waals surface area contributed by atoms with Crippen LogP contribution in [0.2, 0.25) is 5.02 Å². The first-order valence-corrected chi connectivity index (χ1v) is 8.42. The first-order valence-electron chi connectivity index (χ1n) is 7.66. The molecule has 1 heterocycles. The Morgan fingerprint density at radius 1 is 1.31 bits per heavy atom. The van der Waals surface area contributed by atoms with Gasteiger partial charge in [-0.05, 0) is 23.6 Å². The third-order valence-electron chi connectivity index (χ3n) is 3.60. The van der Waals surface area contributed by atoms with Gasteiger partial charge in [0.15, 0.2) is 0 Å². The fourth-order valence-corrected chi connectivity index (χ4v) is 2.76. The van der Waals surface area contributed by atoms with Gasteiger partial charge in [-0.1, -0.05) is 54.4 Å². The largest absolute Gasteiger partial charge is 0.426 e. The van der Waals surface area contributed by atoms with E-state index in [1.165, 1.54) is 16.8 Å². The predicted molar refractivity (Wildman–Crippen MR) is 95.1 cm³/mol.